The summed E-state index contributed by atoms with van der Waals surface area (Å²) in [6.07, 6.45) is 5.89. The Labute approximate surface area is 207 Å². The van der Waals surface area contributed by atoms with Crippen LogP contribution in [0.4, 0.5) is 21.5 Å². The summed E-state index contributed by atoms with van der Waals surface area (Å²) in [4.78, 5) is 23.3. The number of hydrogen-bond donors (Lipinski definition) is 1. The molecule has 0 amide bonds. The van der Waals surface area contributed by atoms with Crippen LogP contribution in [0.2, 0.25) is 5.02 Å². The summed E-state index contributed by atoms with van der Waals surface area (Å²) in [5, 5.41) is 7.10. The van der Waals surface area contributed by atoms with Gasteiger partial charge in [0.15, 0.2) is 5.67 Å². The van der Waals surface area contributed by atoms with E-state index in [1.165, 1.54) is 10.9 Å². The largest absolute Gasteiger partial charge is 0.464 e. The molecule has 0 aliphatic carbocycles. The molecule has 1 atom stereocenters. The SMILES string of the molecule is CCOc1ncc(N(CC)c2ccc(-n3ncc(NC[C@@]4(F)CCCOC4)c(Cl)c3=O)cc2)cn1. The van der Waals surface area contributed by atoms with Crippen LogP contribution in [0.5, 0.6) is 6.01 Å². The van der Waals surface area contributed by atoms with E-state index < -0.39 is 11.2 Å². The smallest absolute Gasteiger partial charge is 0.316 e. The highest BCUT2D eigenvalue weighted by Gasteiger charge is 2.32. The fourth-order valence-electron chi connectivity index (χ4n) is 3.89. The number of anilines is 3. The van der Waals surface area contributed by atoms with E-state index in [2.05, 4.69) is 20.4 Å². The monoisotopic (exact) mass is 502 g/mol. The van der Waals surface area contributed by atoms with Gasteiger partial charge >= 0.3 is 6.01 Å². The molecule has 0 spiro atoms. The number of ether oxygens (including phenoxy) is 2. The van der Waals surface area contributed by atoms with Crippen LogP contribution >= 0.6 is 11.6 Å². The molecule has 1 N–H and O–H groups in total. The minimum absolute atomic E-state index is 0.00529. The molecule has 186 valence electrons. The zero-order valence-electron chi connectivity index (χ0n) is 19.7. The van der Waals surface area contributed by atoms with Gasteiger partial charge in [-0.1, -0.05) is 11.6 Å². The second-order valence-electron chi connectivity index (χ2n) is 8.17. The van der Waals surface area contributed by atoms with Gasteiger partial charge in [-0.3, -0.25) is 4.79 Å². The Bertz CT molecular complexity index is 1180. The Morgan fingerprint density at radius 2 is 1.94 bits per heavy atom. The van der Waals surface area contributed by atoms with E-state index in [9.17, 15) is 9.18 Å². The molecule has 9 nitrogen and oxygen atoms in total. The van der Waals surface area contributed by atoms with Crippen molar-refractivity contribution in [2.75, 3.05) is 43.1 Å². The average Bonchev–Trinajstić information content (AvgIpc) is 2.88. The first-order valence-electron chi connectivity index (χ1n) is 11.6. The number of rotatable bonds is 9. The molecule has 1 aromatic carbocycles. The molecule has 0 saturated carbocycles. The summed E-state index contributed by atoms with van der Waals surface area (Å²) >= 11 is 6.31. The van der Waals surface area contributed by atoms with Crippen molar-refractivity contribution in [3.05, 3.63) is 58.2 Å². The minimum atomic E-state index is -1.49. The first-order valence-corrected chi connectivity index (χ1v) is 11.9. The second-order valence-corrected chi connectivity index (χ2v) is 8.55. The van der Waals surface area contributed by atoms with Gasteiger partial charge in [0.25, 0.3) is 5.56 Å². The van der Waals surface area contributed by atoms with E-state index in [-0.39, 0.29) is 18.2 Å². The molecule has 3 aromatic rings. The maximum atomic E-state index is 14.8. The first-order chi connectivity index (χ1) is 16.9. The standard InChI is InChI=1S/C24H28ClFN6O3/c1-3-31(19-12-27-23(28-13-19)35-4-2)17-6-8-18(9-7-17)32-22(33)21(25)20(14-30-32)29-15-24(26)10-5-11-34-16-24/h6-9,12-14,29H,3-5,10-11,15-16H2,1-2H3/t24-/m0/s1. The maximum absolute atomic E-state index is 14.8. The van der Waals surface area contributed by atoms with Gasteiger partial charge in [-0.25, -0.2) is 14.4 Å². The van der Waals surface area contributed by atoms with Crippen molar-refractivity contribution in [3.8, 4) is 11.7 Å². The van der Waals surface area contributed by atoms with Crippen LogP contribution in [-0.2, 0) is 4.74 Å². The summed E-state index contributed by atoms with van der Waals surface area (Å²) in [5.41, 5.74) is 0.556. The van der Waals surface area contributed by atoms with Crippen molar-refractivity contribution >= 4 is 28.7 Å². The van der Waals surface area contributed by atoms with E-state index in [1.807, 2.05) is 30.9 Å². The Morgan fingerprint density at radius 3 is 2.57 bits per heavy atom. The first kappa shape index (κ1) is 24.9. The predicted molar refractivity (Wildman–Crippen MR) is 133 cm³/mol. The Kier molecular flexibility index (Phi) is 7.82. The molecular weight excluding hydrogens is 475 g/mol. The Balaban J connectivity index is 1.50. The molecule has 35 heavy (non-hydrogen) atoms. The van der Waals surface area contributed by atoms with Gasteiger partial charge in [-0.05, 0) is 51.0 Å². The number of nitrogens with zero attached hydrogens (tertiary/aromatic N) is 5. The van der Waals surface area contributed by atoms with E-state index >= 15 is 0 Å². The predicted octanol–water partition coefficient (Wildman–Crippen LogP) is 4.16. The number of nitrogens with one attached hydrogen (secondary N) is 1. The molecule has 1 fully saturated rings. The molecule has 1 aliphatic rings. The lowest BCUT2D eigenvalue weighted by Crippen LogP contribution is -2.40. The maximum Gasteiger partial charge on any atom is 0.316 e. The van der Waals surface area contributed by atoms with Crippen LogP contribution in [0.3, 0.4) is 0 Å². The van der Waals surface area contributed by atoms with Crippen molar-refractivity contribution < 1.29 is 13.9 Å². The van der Waals surface area contributed by atoms with E-state index in [4.69, 9.17) is 21.1 Å². The summed E-state index contributed by atoms with van der Waals surface area (Å²) in [7, 11) is 0. The number of benzene rings is 1. The van der Waals surface area contributed by atoms with Crippen LogP contribution in [-0.4, -0.2) is 58.3 Å². The quantitative estimate of drug-likeness (QED) is 0.466. The summed E-state index contributed by atoms with van der Waals surface area (Å²) in [5.74, 6) is 0. The van der Waals surface area contributed by atoms with Crippen LogP contribution in [0.15, 0.2) is 47.7 Å². The number of halogens is 2. The van der Waals surface area contributed by atoms with Gasteiger partial charge in [-0.2, -0.15) is 9.78 Å². The average molecular weight is 503 g/mol. The van der Waals surface area contributed by atoms with E-state index in [1.54, 1.807) is 24.5 Å². The fraction of sp³-hybridized carbons (Fsp3) is 0.417. The molecule has 2 aromatic heterocycles. The lowest BCUT2D eigenvalue weighted by Gasteiger charge is -2.29. The number of hydrogen-bond acceptors (Lipinski definition) is 8. The van der Waals surface area contributed by atoms with Crippen LogP contribution in [0.1, 0.15) is 26.7 Å². The van der Waals surface area contributed by atoms with Gasteiger partial charge in [0.2, 0.25) is 0 Å². The number of aromatic nitrogens is 4. The third-order valence-corrected chi connectivity index (χ3v) is 6.08. The van der Waals surface area contributed by atoms with Crippen LogP contribution < -0.4 is 20.5 Å². The third kappa shape index (κ3) is 5.71. The summed E-state index contributed by atoms with van der Waals surface area (Å²) < 4.78 is 26.5. The van der Waals surface area contributed by atoms with E-state index in [0.717, 1.165) is 11.4 Å². The highest BCUT2D eigenvalue weighted by atomic mass is 35.5. The number of alkyl halides is 1. The Morgan fingerprint density at radius 1 is 1.20 bits per heavy atom. The lowest BCUT2D eigenvalue weighted by atomic mass is 9.99. The van der Waals surface area contributed by atoms with Gasteiger partial charge in [-0.15, -0.1) is 0 Å². The topological polar surface area (TPSA) is 94.4 Å². The summed E-state index contributed by atoms with van der Waals surface area (Å²) in [6.45, 7) is 5.65. The lowest BCUT2D eigenvalue weighted by molar-refractivity contribution is -0.0234. The third-order valence-electron chi connectivity index (χ3n) is 5.71. The molecular formula is C24H28ClFN6O3. The van der Waals surface area contributed by atoms with Crippen molar-refractivity contribution in [2.24, 2.45) is 0 Å². The second kappa shape index (κ2) is 11.0. The van der Waals surface area contributed by atoms with E-state index in [0.29, 0.717) is 50.0 Å². The van der Waals surface area contributed by atoms with Gasteiger partial charge in [0, 0.05) is 18.8 Å². The molecule has 1 saturated heterocycles. The van der Waals surface area contributed by atoms with Gasteiger partial charge in [0.05, 0.1) is 55.4 Å². The highest BCUT2D eigenvalue weighted by molar-refractivity contribution is 6.32. The molecule has 4 rings (SSSR count). The Hall–Kier alpha value is -3.24. The zero-order chi connectivity index (χ0) is 24.8. The zero-order valence-corrected chi connectivity index (χ0v) is 20.5. The van der Waals surface area contributed by atoms with Crippen LogP contribution in [0, 0.1) is 0 Å². The minimum Gasteiger partial charge on any atom is -0.464 e. The molecule has 0 bridgehead atoms. The van der Waals surface area contributed by atoms with Crippen molar-refractivity contribution in [1.29, 1.82) is 0 Å². The van der Waals surface area contributed by atoms with Crippen LogP contribution in [0.25, 0.3) is 5.69 Å². The summed E-state index contributed by atoms with van der Waals surface area (Å²) in [6, 6.07) is 7.64. The fourth-order valence-corrected chi connectivity index (χ4v) is 4.09. The molecule has 3 heterocycles. The molecule has 0 unspecified atom stereocenters. The van der Waals surface area contributed by atoms with Crippen molar-refractivity contribution in [2.45, 2.75) is 32.4 Å². The van der Waals surface area contributed by atoms with Crippen molar-refractivity contribution in [1.82, 2.24) is 19.7 Å². The molecule has 11 heteroatoms. The normalized spacial score (nSPS) is 17.7. The highest BCUT2D eigenvalue weighted by Crippen LogP contribution is 2.27. The molecule has 1 aliphatic heterocycles. The van der Waals surface area contributed by atoms with Gasteiger partial charge in [0.1, 0.15) is 5.02 Å². The molecule has 0 radical (unpaired) electrons. The van der Waals surface area contributed by atoms with Crippen molar-refractivity contribution in [3.63, 3.8) is 0 Å². The van der Waals surface area contributed by atoms with Gasteiger partial charge < -0.3 is 19.7 Å².